The first-order valence-electron chi connectivity index (χ1n) is 21.8. The fraction of sp³-hybridized carbons (Fsp3) is 0.739. The van der Waals surface area contributed by atoms with Gasteiger partial charge in [0, 0.05) is 44.1 Å². The third-order valence-electron chi connectivity index (χ3n) is 11.7. The summed E-state index contributed by atoms with van der Waals surface area (Å²) in [5.74, 6) is -0.569. The Labute approximate surface area is 332 Å². The van der Waals surface area contributed by atoms with Crippen molar-refractivity contribution in [2.24, 2.45) is 22.9 Å². The van der Waals surface area contributed by atoms with Crippen LogP contribution in [0.25, 0.3) is 0 Å². The van der Waals surface area contributed by atoms with Gasteiger partial charge < -0.3 is 34.5 Å². The van der Waals surface area contributed by atoms with Gasteiger partial charge in [-0.3, -0.25) is 4.79 Å². The molecule has 1 aliphatic heterocycles. The fourth-order valence-electron chi connectivity index (χ4n) is 9.28. The van der Waals surface area contributed by atoms with Crippen molar-refractivity contribution < 1.29 is 34.4 Å². The van der Waals surface area contributed by atoms with Crippen molar-refractivity contribution in [3.63, 3.8) is 0 Å². The first-order valence-corrected chi connectivity index (χ1v) is 21.8. The maximum atomic E-state index is 14.6. The first-order chi connectivity index (χ1) is 26.5. The number of hydrogen-bond donors (Lipinski definition) is 3. The van der Waals surface area contributed by atoms with Gasteiger partial charge in [-0.15, -0.1) is 6.58 Å². The van der Waals surface area contributed by atoms with Gasteiger partial charge in [0.25, 0.3) is 0 Å². The number of hydrogen-bond acceptors (Lipinski definition) is 8. The number of fused-ring (bicyclic) bond motifs is 2. The van der Waals surface area contributed by atoms with Crippen LogP contribution in [-0.4, -0.2) is 75.6 Å². The smallest absolute Gasteiger partial charge is 0.239 e. The second-order valence-corrected chi connectivity index (χ2v) is 17.2. The van der Waals surface area contributed by atoms with Crippen LogP contribution in [0.15, 0.2) is 47.7 Å². The van der Waals surface area contributed by atoms with Gasteiger partial charge in [0.15, 0.2) is 0 Å². The van der Waals surface area contributed by atoms with E-state index in [0.29, 0.717) is 38.0 Å². The van der Waals surface area contributed by atoms with Gasteiger partial charge in [0.2, 0.25) is 11.7 Å². The SMILES string of the molecule is C=CCOC12Oc3ccc(O)cc3C3C(CCCCO)C(CCCCO)C=C(C(=NOC(C)(C)C)CC1N(CCC)C(=O)CCCCCCCCCCC)C32. The van der Waals surface area contributed by atoms with Crippen LogP contribution < -0.4 is 4.74 Å². The molecule has 55 heavy (non-hydrogen) atoms. The predicted octanol–water partition coefficient (Wildman–Crippen LogP) is 9.98. The summed E-state index contributed by atoms with van der Waals surface area (Å²) >= 11 is 0. The van der Waals surface area contributed by atoms with Gasteiger partial charge in [-0.25, -0.2) is 0 Å². The van der Waals surface area contributed by atoms with E-state index in [4.69, 9.17) is 19.5 Å². The highest BCUT2D eigenvalue weighted by Gasteiger charge is 2.65. The number of phenolic OH excluding ortho intramolecular Hbond substituents is 1. The highest BCUT2D eigenvalue weighted by Crippen LogP contribution is 2.62. The van der Waals surface area contributed by atoms with Crippen LogP contribution in [0.5, 0.6) is 11.5 Å². The van der Waals surface area contributed by atoms with Gasteiger partial charge in [0.1, 0.15) is 23.1 Å². The molecule has 1 aromatic rings. The molecule has 1 saturated carbocycles. The van der Waals surface area contributed by atoms with Crippen molar-refractivity contribution in [1.82, 2.24) is 4.90 Å². The van der Waals surface area contributed by atoms with Crippen LogP contribution in [0.4, 0.5) is 0 Å². The summed E-state index contributed by atoms with van der Waals surface area (Å²) in [5.41, 5.74) is 2.21. The van der Waals surface area contributed by atoms with E-state index >= 15 is 0 Å². The summed E-state index contributed by atoms with van der Waals surface area (Å²) in [4.78, 5) is 22.8. The molecule has 6 atom stereocenters. The molecule has 9 nitrogen and oxygen atoms in total. The third-order valence-corrected chi connectivity index (χ3v) is 11.7. The summed E-state index contributed by atoms with van der Waals surface area (Å²) in [7, 11) is 0. The molecule has 0 bridgehead atoms. The van der Waals surface area contributed by atoms with Crippen molar-refractivity contribution in [3.05, 3.63) is 48.1 Å². The average Bonchev–Trinajstić information content (AvgIpc) is 3.16. The normalized spacial score (nSPS) is 25.1. The van der Waals surface area contributed by atoms with Crippen LogP contribution >= 0.6 is 0 Å². The lowest BCUT2D eigenvalue weighted by molar-refractivity contribution is -0.257. The van der Waals surface area contributed by atoms with Crippen LogP contribution in [0.2, 0.25) is 0 Å². The number of rotatable bonds is 25. The monoisotopic (exact) mass is 767 g/mol. The van der Waals surface area contributed by atoms with Crippen molar-refractivity contribution in [2.75, 3.05) is 26.4 Å². The van der Waals surface area contributed by atoms with Crippen molar-refractivity contribution in [1.29, 1.82) is 0 Å². The largest absolute Gasteiger partial charge is 0.508 e. The number of aromatic hydroxyl groups is 1. The maximum Gasteiger partial charge on any atom is 0.239 e. The Kier molecular flexibility index (Phi) is 18.1. The van der Waals surface area contributed by atoms with E-state index in [1.54, 1.807) is 12.1 Å². The molecule has 0 saturated heterocycles. The Morgan fingerprint density at radius 3 is 2.27 bits per heavy atom. The molecule has 9 heteroatoms. The quantitative estimate of drug-likeness (QED) is 0.0515. The number of carbonyl (C=O) groups is 1. The highest BCUT2D eigenvalue weighted by molar-refractivity contribution is 6.03. The molecule has 1 amide bonds. The minimum atomic E-state index is -1.26. The molecule has 310 valence electrons. The number of oxime groups is 1. The Balaban J connectivity index is 1.84. The number of amides is 1. The molecule has 3 N–H and O–H groups in total. The van der Waals surface area contributed by atoms with Gasteiger partial charge in [0.05, 0.1) is 18.2 Å². The molecule has 0 radical (unpaired) electrons. The Morgan fingerprint density at radius 2 is 1.64 bits per heavy atom. The van der Waals surface area contributed by atoms with Crippen molar-refractivity contribution >= 4 is 11.6 Å². The minimum Gasteiger partial charge on any atom is -0.508 e. The van der Waals surface area contributed by atoms with Gasteiger partial charge in [-0.05, 0) is 94.9 Å². The number of benzene rings is 1. The summed E-state index contributed by atoms with van der Waals surface area (Å²) in [6, 6.07) is 4.85. The molecule has 4 rings (SSSR count). The van der Waals surface area contributed by atoms with Gasteiger partial charge in [-0.1, -0.05) is 95.4 Å². The van der Waals surface area contributed by atoms with E-state index < -0.39 is 17.4 Å². The third kappa shape index (κ3) is 11.8. The summed E-state index contributed by atoms with van der Waals surface area (Å²) in [6.45, 7) is 15.4. The summed E-state index contributed by atoms with van der Waals surface area (Å²) < 4.78 is 14.3. The molecule has 3 aliphatic rings. The molecule has 6 unspecified atom stereocenters. The number of unbranched alkanes of at least 4 members (excludes halogenated alkanes) is 10. The van der Waals surface area contributed by atoms with Crippen LogP contribution in [-0.2, 0) is 14.4 Å². The molecular weight excluding hydrogens is 693 g/mol. The topological polar surface area (TPSA) is 121 Å². The van der Waals surface area contributed by atoms with Crippen LogP contribution in [0.1, 0.15) is 162 Å². The Morgan fingerprint density at radius 1 is 0.964 bits per heavy atom. The molecule has 2 aliphatic carbocycles. The number of nitrogens with zero attached hydrogens (tertiary/aromatic N) is 2. The number of aliphatic hydroxyl groups excluding tert-OH is 2. The molecule has 0 aromatic heterocycles. The van der Waals surface area contributed by atoms with E-state index in [1.807, 2.05) is 37.8 Å². The van der Waals surface area contributed by atoms with Crippen LogP contribution in [0, 0.1) is 17.8 Å². The molecular formula is C46H74N2O7. The molecule has 1 heterocycles. The second kappa shape index (κ2) is 22.2. The van der Waals surface area contributed by atoms with Gasteiger partial charge >= 0.3 is 0 Å². The molecule has 1 aromatic carbocycles. The number of ether oxygens (including phenoxy) is 2. The zero-order valence-electron chi connectivity index (χ0n) is 34.9. The lowest BCUT2D eigenvalue weighted by Crippen LogP contribution is -2.70. The summed E-state index contributed by atoms with van der Waals surface area (Å²) in [5, 5.41) is 35.5. The van der Waals surface area contributed by atoms with Gasteiger partial charge in [-0.2, -0.15) is 0 Å². The number of carbonyl (C=O) groups excluding carboxylic acids is 1. The Bertz CT molecular complexity index is 1400. The average molecular weight is 767 g/mol. The second-order valence-electron chi connectivity index (χ2n) is 17.2. The highest BCUT2D eigenvalue weighted by atomic mass is 16.7. The predicted molar refractivity (Wildman–Crippen MR) is 221 cm³/mol. The van der Waals surface area contributed by atoms with Crippen LogP contribution in [0.3, 0.4) is 0 Å². The van der Waals surface area contributed by atoms with E-state index in [-0.39, 0.29) is 55.1 Å². The van der Waals surface area contributed by atoms with Crippen molar-refractivity contribution in [3.8, 4) is 11.5 Å². The molecule has 1 fully saturated rings. The number of allylic oxidation sites excluding steroid dienone is 1. The maximum absolute atomic E-state index is 14.6. The fourth-order valence-corrected chi connectivity index (χ4v) is 9.28. The first kappa shape index (κ1) is 44.8. The van der Waals surface area contributed by atoms with Crippen molar-refractivity contribution in [2.45, 2.75) is 174 Å². The van der Waals surface area contributed by atoms with E-state index in [1.165, 1.54) is 38.5 Å². The number of aliphatic hydroxyl groups is 2. The molecule has 0 spiro atoms. The standard InChI is InChI=1S/C46H74N2O7/c1-7-10-11-12-13-14-15-16-17-24-42(52)48(27-8-2)41-33-39(47-55-45(4,5)6)37-31-34(22-18-20-28-49)36(23-19-21-29-50)43-38-32-35(51)25-26-40(38)54-46(41,44(37)43)53-30-9-3/h9,25-26,31-32,34,36,41,43-44,49-51H,3,7-8,10-24,27-30,33H2,1-2,4-6H3. The minimum absolute atomic E-state index is 0.105. The number of phenols is 1. The van der Waals surface area contributed by atoms with E-state index in [0.717, 1.165) is 68.2 Å². The van der Waals surface area contributed by atoms with E-state index in [2.05, 4.69) is 26.5 Å². The zero-order chi connectivity index (χ0) is 39.8. The summed E-state index contributed by atoms with van der Waals surface area (Å²) in [6.07, 6.45) is 21.3. The van der Waals surface area contributed by atoms with E-state index in [9.17, 15) is 20.1 Å². The lowest BCUT2D eigenvalue weighted by Gasteiger charge is -2.60. The zero-order valence-corrected chi connectivity index (χ0v) is 34.9. The Hall–Kier alpha value is -2.88. The lowest BCUT2D eigenvalue weighted by atomic mass is 9.55.